The highest BCUT2D eigenvalue weighted by atomic mass is 32.1. The van der Waals surface area contributed by atoms with Crippen LogP contribution in [0.25, 0.3) is 0 Å². The predicted molar refractivity (Wildman–Crippen MR) is 92.2 cm³/mol. The second-order valence-electron chi connectivity index (χ2n) is 6.34. The molecule has 0 bridgehead atoms. The fourth-order valence-electron chi connectivity index (χ4n) is 3.15. The number of benzene rings is 1. The molecule has 1 N–H and O–H groups in total. The second kappa shape index (κ2) is 6.28. The topological polar surface area (TPSA) is 53.9 Å². The molecular weight excluding hydrogens is 308 g/mol. The van der Waals surface area contributed by atoms with Crippen molar-refractivity contribution in [1.82, 2.24) is 19.7 Å². The molecule has 5 nitrogen and oxygen atoms in total. The Labute approximate surface area is 141 Å². The van der Waals surface area contributed by atoms with E-state index in [1.807, 2.05) is 41.6 Å². The van der Waals surface area contributed by atoms with Crippen LogP contribution in [-0.2, 0) is 7.05 Å². The number of nitrogens with zero attached hydrogens (tertiary/aromatic N) is 3. The molecule has 1 saturated heterocycles. The molecular formula is C17H22N4OS. The van der Waals surface area contributed by atoms with Crippen molar-refractivity contribution in [2.75, 3.05) is 13.1 Å². The van der Waals surface area contributed by atoms with Crippen molar-refractivity contribution >= 4 is 18.1 Å². The summed E-state index contributed by atoms with van der Waals surface area (Å²) in [6.07, 6.45) is 2.02. The minimum atomic E-state index is 0.106. The summed E-state index contributed by atoms with van der Waals surface area (Å²) >= 11 is 5.19. The van der Waals surface area contributed by atoms with E-state index in [1.165, 1.54) is 5.56 Å². The fourth-order valence-corrected chi connectivity index (χ4v) is 3.29. The molecule has 23 heavy (non-hydrogen) atoms. The van der Waals surface area contributed by atoms with Gasteiger partial charge >= 0.3 is 0 Å². The zero-order chi connectivity index (χ0) is 16.6. The number of amides is 1. The van der Waals surface area contributed by atoms with E-state index in [4.69, 9.17) is 12.2 Å². The molecule has 2 heterocycles. The van der Waals surface area contributed by atoms with Crippen molar-refractivity contribution in [2.45, 2.75) is 32.6 Å². The number of likely N-dealkylation sites (tertiary alicyclic amines) is 1. The Balaban J connectivity index is 1.80. The largest absolute Gasteiger partial charge is 0.338 e. The highest BCUT2D eigenvalue weighted by Gasteiger charge is 2.28. The third-order valence-corrected chi connectivity index (χ3v) is 5.11. The molecule has 0 radical (unpaired) electrons. The standard InChI is InChI=1S/C17H22N4OS/c1-11-6-7-13(9-12(11)2)16(22)21-8-4-5-14(10-21)15-18-19-17(23)20(15)3/h6-7,9,14H,4-5,8,10H2,1-3H3,(H,19,23). The molecule has 1 fully saturated rings. The minimum absolute atomic E-state index is 0.106. The fraction of sp³-hybridized carbons (Fsp3) is 0.471. The Morgan fingerprint density at radius 3 is 2.78 bits per heavy atom. The highest BCUT2D eigenvalue weighted by molar-refractivity contribution is 7.71. The first-order chi connectivity index (χ1) is 11.0. The number of carbonyl (C=O) groups is 1. The maximum atomic E-state index is 12.8. The molecule has 1 aromatic heterocycles. The molecule has 1 aromatic carbocycles. The van der Waals surface area contributed by atoms with Crippen LogP contribution in [0.4, 0.5) is 0 Å². The van der Waals surface area contributed by atoms with Gasteiger partial charge in [-0.15, -0.1) is 0 Å². The molecule has 1 atom stereocenters. The Hall–Kier alpha value is -1.95. The van der Waals surface area contributed by atoms with E-state index in [1.54, 1.807) is 0 Å². The molecule has 1 aliphatic heterocycles. The smallest absolute Gasteiger partial charge is 0.253 e. The summed E-state index contributed by atoms with van der Waals surface area (Å²) in [4.78, 5) is 14.7. The van der Waals surface area contributed by atoms with Crippen molar-refractivity contribution in [3.05, 3.63) is 45.5 Å². The van der Waals surface area contributed by atoms with Crippen LogP contribution in [0.5, 0.6) is 0 Å². The van der Waals surface area contributed by atoms with Gasteiger partial charge in [-0.05, 0) is 62.2 Å². The Morgan fingerprint density at radius 2 is 2.13 bits per heavy atom. The maximum Gasteiger partial charge on any atom is 0.253 e. The average molecular weight is 330 g/mol. The molecule has 0 aliphatic carbocycles. The van der Waals surface area contributed by atoms with E-state index in [2.05, 4.69) is 17.1 Å². The molecule has 3 rings (SSSR count). The third kappa shape index (κ3) is 3.08. The van der Waals surface area contributed by atoms with Crippen LogP contribution in [-0.4, -0.2) is 38.7 Å². The summed E-state index contributed by atoms with van der Waals surface area (Å²) in [7, 11) is 1.92. The Morgan fingerprint density at radius 1 is 1.35 bits per heavy atom. The van der Waals surface area contributed by atoms with E-state index in [-0.39, 0.29) is 11.8 Å². The highest BCUT2D eigenvalue weighted by Crippen LogP contribution is 2.26. The average Bonchev–Trinajstić information content (AvgIpc) is 2.89. The molecule has 1 aliphatic rings. The number of H-pyrrole nitrogens is 1. The number of aromatic nitrogens is 3. The van der Waals surface area contributed by atoms with E-state index in [0.29, 0.717) is 11.3 Å². The molecule has 0 spiro atoms. The Bertz CT molecular complexity index is 792. The Kier molecular flexibility index (Phi) is 4.35. The van der Waals surface area contributed by atoms with E-state index >= 15 is 0 Å². The lowest BCUT2D eigenvalue weighted by molar-refractivity contribution is 0.0703. The van der Waals surface area contributed by atoms with Crippen LogP contribution in [0.3, 0.4) is 0 Å². The second-order valence-corrected chi connectivity index (χ2v) is 6.72. The quantitative estimate of drug-likeness (QED) is 0.861. The molecule has 6 heteroatoms. The van der Waals surface area contributed by atoms with Gasteiger partial charge in [0.2, 0.25) is 0 Å². The van der Waals surface area contributed by atoms with Gasteiger partial charge in [0, 0.05) is 31.6 Å². The number of nitrogens with one attached hydrogen (secondary N) is 1. The summed E-state index contributed by atoms with van der Waals surface area (Å²) in [5, 5.41) is 7.18. The first kappa shape index (κ1) is 15.9. The van der Waals surface area contributed by atoms with E-state index in [0.717, 1.165) is 36.3 Å². The zero-order valence-corrected chi connectivity index (χ0v) is 14.6. The van der Waals surface area contributed by atoms with Crippen LogP contribution in [0.1, 0.15) is 46.1 Å². The first-order valence-electron chi connectivity index (χ1n) is 7.95. The zero-order valence-electron chi connectivity index (χ0n) is 13.8. The summed E-state index contributed by atoms with van der Waals surface area (Å²) in [5.41, 5.74) is 3.13. The van der Waals surface area contributed by atoms with Gasteiger partial charge in [0.15, 0.2) is 4.77 Å². The van der Waals surface area contributed by atoms with Gasteiger partial charge in [-0.1, -0.05) is 6.07 Å². The third-order valence-electron chi connectivity index (χ3n) is 4.74. The number of carbonyl (C=O) groups excluding carboxylic acids is 1. The first-order valence-corrected chi connectivity index (χ1v) is 8.36. The molecule has 122 valence electrons. The number of aromatic amines is 1. The number of rotatable bonds is 2. The van der Waals surface area contributed by atoms with Crippen molar-refractivity contribution in [2.24, 2.45) is 7.05 Å². The number of hydrogen-bond donors (Lipinski definition) is 1. The molecule has 2 aromatic rings. The summed E-state index contributed by atoms with van der Waals surface area (Å²) in [5.74, 6) is 1.28. The molecule has 0 saturated carbocycles. The monoisotopic (exact) mass is 330 g/mol. The van der Waals surface area contributed by atoms with Crippen LogP contribution >= 0.6 is 12.2 Å². The predicted octanol–water partition coefficient (Wildman–Crippen LogP) is 3.11. The van der Waals surface area contributed by atoms with Gasteiger partial charge < -0.3 is 9.47 Å². The van der Waals surface area contributed by atoms with Gasteiger partial charge in [0.25, 0.3) is 5.91 Å². The lowest BCUT2D eigenvalue weighted by atomic mass is 9.96. The van der Waals surface area contributed by atoms with E-state index in [9.17, 15) is 4.79 Å². The van der Waals surface area contributed by atoms with Crippen molar-refractivity contribution in [1.29, 1.82) is 0 Å². The van der Waals surface area contributed by atoms with Crippen LogP contribution in [0.2, 0.25) is 0 Å². The summed E-state index contributed by atoms with van der Waals surface area (Å²) in [6.45, 7) is 5.60. The van der Waals surface area contributed by atoms with Crippen LogP contribution in [0, 0.1) is 18.6 Å². The van der Waals surface area contributed by atoms with Gasteiger partial charge in [0.1, 0.15) is 5.82 Å². The lowest BCUT2D eigenvalue weighted by Gasteiger charge is -2.32. The maximum absolute atomic E-state index is 12.8. The number of hydrogen-bond acceptors (Lipinski definition) is 3. The number of piperidine rings is 1. The van der Waals surface area contributed by atoms with Crippen LogP contribution in [0.15, 0.2) is 18.2 Å². The van der Waals surface area contributed by atoms with Crippen molar-refractivity contribution in [3.63, 3.8) is 0 Å². The van der Waals surface area contributed by atoms with Crippen LogP contribution < -0.4 is 0 Å². The summed E-state index contributed by atoms with van der Waals surface area (Å²) < 4.78 is 2.53. The SMILES string of the molecule is Cc1ccc(C(=O)N2CCCC(c3n[nH]c(=S)n3C)C2)cc1C. The van der Waals surface area contributed by atoms with Crippen molar-refractivity contribution < 1.29 is 4.79 Å². The van der Waals surface area contributed by atoms with Crippen molar-refractivity contribution in [3.8, 4) is 0 Å². The van der Waals surface area contributed by atoms with Gasteiger partial charge in [-0.2, -0.15) is 5.10 Å². The van der Waals surface area contributed by atoms with Gasteiger partial charge in [-0.25, -0.2) is 0 Å². The van der Waals surface area contributed by atoms with E-state index < -0.39 is 0 Å². The molecule has 1 unspecified atom stereocenters. The normalized spacial score (nSPS) is 18.2. The minimum Gasteiger partial charge on any atom is -0.338 e. The van der Waals surface area contributed by atoms with Gasteiger partial charge in [-0.3, -0.25) is 9.89 Å². The molecule has 1 amide bonds. The lowest BCUT2D eigenvalue weighted by Crippen LogP contribution is -2.39. The van der Waals surface area contributed by atoms with Gasteiger partial charge in [0.05, 0.1) is 0 Å². The number of aryl methyl sites for hydroxylation is 2. The summed E-state index contributed by atoms with van der Waals surface area (Å²) in [6, 6.07) is 5.92.